The summed E-state index contributed by atoms with van der Waals surface area (Å²) in [6, 6.07) is 10.9. The fraction of sp³-hybridized carbons (Fsp3) is 0.348. The first kappa shape index (κ1) is 23.3. The van der Waals surface area contributed by atoms with Gasteiger partial charge in [-0.25, -0.2) is 0 Å². The van der Waals surface area contributed by atoms with E-state index in [9.17, 15) is 27.6 Å². The van der Waals surface area contributed by atoms with E-state index in [1.165, 1.54) is 29.2 Å². The molecule has 0 saturated heterocycles. The molecule has 0 aromatic heterocycles. The SMILES string of the molecule is CCN(CC(=O)Nc1ccccc1C(F)(F)F)C(=O)c1ccc(NC(=O)C2CC2C)cc1. The van der Waals surface area contributed by atoms with Crippen molar-refractivity contribution in [2.24, 2.45) is 11.8 Å². The van der Waals surface area contributed by atoms with Crippen LogP contribution in [-0.4, -0.2) is 35.7 Å². The minimum absolute atomic E-state index is 0.0212. The molecule has 2 unspecified atom stereocenters. The van der Waals surface area contributed by atoms with E-state index in [2.05, 4.69) is 10.6 Å². The van der Waals surface area contributed by atoms with Gasteiger partial charge in [-0.1, -0.05) is 19.1 Å². The van der Waals surface area contributed by atoms with Crippen LogP contribution >= 0.6 is 0 Å². The van der Waals surface area contributed by atoms with Gasteiger partial charge in [0, 0.05) is 23.7 Å². The molecule has 1 saturated carbocycles. The van der Waals surface area contributed by atoms with Gasteiger partial charge in [-0.3, -0.25) is 14.4 Å². The molecule has 32 heavy (non-hydrogen) atoms. The molecule has 3 amide bonds. The number of hydrogen-bond acceptors (Lipinski definition) is 3. The zero-order valence-electron chi connectivity index (χ0n) is 17.7. The number of benzene rings is 2. The highest BCUT2D eigenvalue weighted by Gasteiger charge is 2.39. The number of carbonyl (C=O) groups is 3. The normalized spacial score (nSPS) is 17.4. The topological polar surface area (TPSA) is 78.5 Å². The zero-order chi connectivity index (χ0) is 23.5. The summed E-state index contributed by atoms with van der Waals surface area (Å²) in [4.78, 5) is 38.4. The van der Waals surface area contributed by atoms with E-state index in [1.54, 1.807) is 19.1 Å². The first-order valence-corrected chi connectivity index (χ1v) is 10.3. The maximum absolute atomic E-state index is 13.1. The summed E-state index contributed by atoms with van der Waals surface area (Å²) in [5, 5.41) is 5.04. The molecular formula is C23H24F3N3O3. The first-order valence-electron chi connectivity index (χ1n) is 10.3. The lowest BCUT2D eigenvalue weighted by molar-refractivity contribution is -0.137. The lowest BCUT2D eigenvalue weighted by Crippen LogP contribution is -2.38. The van der Waals surface area contributed by atoms with Crippen LogP contribution in [0.1, 0.15) is 36.2 Å². The average molecular weight is 447 g/mol. The molecule has 2 aromatic rings. The Balaban J connectivity index is 1.62. The van der Waals surface area contributed by atoms with Crippen molar-refractivity contribution in [2.75, 3.05) is 23.7 Å². The van der Waals surface area contributed by atoms with Crippen molar-refractivity contribution in [1.29, 1.82) is 0 Å². The Hall–Kier alpha value is -3.36. The molecule has 2 N–H and O–H groups in total. The first-order chi connectivity index (χ1) is 15.1. The molecule has 170 valence electrons. The number of amides is 3. The van der Waals surface area contributed by atoms with E-state index in [4.69, 9.17) is 0 Å². The van der Waals surface area contributed by atoms with Crippen LogP contribution in [0, 0.1) is 11.8 Å². The van der Waals surface area contributed by atoms with Crippen LogP contribution in [-0.2, 0) is 15.8 Å². The standard InChI is InChI=1S/C23H24F3N3O3/c1-3-29(13-20(30)28-19-7-5-4-6-18(19)23(24,25)26)22(32)15-8-10-16(11-9-15)27-21(31)17-12-14(17)2/h4-11,14,17H,3,12-13H2,1-2H3,(H,27,31)(H,28,30). The molecule has 3 rings (SSSR count). The summed E-state index contributed by atoms with van der Waals surface area (Å²) in [6.07, 6.45) is -3.75. The van der Waals surface area contributed by atoms with Gasteiger partial charge in [0.15, 0.2) is 0 Å². The summed E-state index contributed by atoms with van der Waals surface area (Å²) in [7, 11) is 0. The van der Waals surface area contributed by atoms with Crippen molar-refractivity contribution in [3.63, 3.8) is 0 Å². The third-order valence-corrected chi connectivity index (χ3v) is 5.36. The number of para-hydroxylation sites is 1. The predicted molar refractivity (Wildman–Crippen MR) is 114 cm³/mol. The van der Waals surface area contributed by atoms with Gasteiger partial charge < -0.3 is 15.5 Å². The smallest absolute Gasteiger partial charge is 0.330 e. The molecule has 2 aromatic carbocycles. The van der Waals surface area contributed by atoms with Crippen LogP contribution in [0.4, 0.5) is 24.5 Å². The second kappa shape index (κ2) is 9.42. The summed E-state index contributed by atoms with van der Waals surface area (Å²) in [5.74, 6) is -0.835. The van der Waals surface area contributed by atoms with Crippen LogP contribution in [0.5, 0.6) is 0 Å². The van der Waals surface area contributed by atoms with Gasteiger partial charge in [-0.15, -0.1) is 0 Å². The van der Waals surface area contributed by atoms with Crippen molar-refractivity contribution in [3.8, 4) is 0 Å². The van der Waals surface area contributed by atoms with Gasteiger partial charge in [-0.2, -0.15) is 13.2 Å². The van der Waals surface area contributed by atoms with Crippen molar-refractivity contribution in [2.45, 2.75) is 26.4 Å². The van der Waals surface area contributed by atoms with Gasteiger partial charge in [0.25, 0.3) is 5.91 Å². The Kier molecular flexibility index (Phi) is 6.86. The summed E-state index contributed by atoms with van der Waals surface area (Å²) < 4.78 is 39.3. The van der Waals surface area contributed by atoms with Gasteiger partial charge in [0.1, 0.15) is 6.54 Å². The maximum Gasteiger partial charge on any atom is 0.418 e. The minimum Gasteiger partial charge on any atom is -0.330 e. The number of halogens is 3. The van der Waals surface area contributed by atoms with Crippen LogP contribution in [0.25, 0.3) is 0 Å². The number of anilines is 2. The number of carbonyl (C=O) groups excluding carboxylic acids is 3. The van der Waals surface area contributed by atoms with E-state index >= 15 is 0 Å². The minimum atomic E-state index is -4.61. The lowest BCUT2D eigenvalue weighted by Gasteiger charge is -2.21. The summed E-state index contributed by atoms with van der Waals surface area (Å²) in [6.45, 7) is 3.45. The van der Waals surface area contributed by atoms with E-state index in [1.807, 2.05) is 6.92 Å². The monoisotopic (exact) mass is 447 g/mol. The van der Waals surface area contributed by atoms with E-state index < -0.39 is 30.1 Å². The Bertz CT molecular complexity index is 1010. The number of hydrogen-bond donors (Lipinski definition) is 2. The van der Waals surface area contributed by atoms with Crippen molar-refractivity contribution in [3.05, 3.63) is 59.7 Å². The fourth-order valence-electron chi connectivity index (χ4n) is 3.33. The molecular weight excluding hydrogens is 423 g/mol. The Morgan fingerprint density at radius 3 is 2.22 bits per heavy atom. The zero-order valence-corrected chi connectivity index (χ0v) is 17.7. The van der Waals surface area contributed by atoms with Gasteiger partial charge in [-0.05, 0) is 55.7 Å². The van der Waals surface area contributed by atoms with E-state index in [0.29, 0.717) is 17.2 Å². The Morgan fingerprint density at radius 2 is 1.66 bits per heavy atom. The highest BCUT2D eigenvalue weighted by atomic mass is 19.4. The third-order valence-electron chi connectivity index (χ3n) is 5.36. The second-order valence-corrected chi connectivity index (χ2v) is 7.80. The molecule has 0 aliphatic heterocycles. The molecule has 1 aliphatic rings. The molecule has 6 nitrogen and oxygen atoms in total. The molecule has 2 atom stereocenters. The summed E-state index contributed by atoms with van der Waals surface area (Å²) in [5.41, 5.74) is -0.456. The van der Waals surface area contributed by atoms with Crippen molar-refractivity contribution < 1.29 is 27.6 Å². The molecule has 0 heterocycles. The highest BCUT2D eigenvalue weighted by molar-refractivity contribution is 6.00. The molecule has 1 fully saturated rings. The number of likely N-dealkylation sites (N-methyl/N-ethyl adjacent to an activating group) is 1. The van der Waals surface area contributed by atoms with Crippen LogP contribution in [0.2, 0.25) is 0 Å². The second-order valence-electron chi connectivity index (χ2n) is 7.80. The number of nitrogens with zero attached hydrogens (tertiary/aromatic N) is 1. The van der Waals surface area contributed by atoms with Crippen LogP contribution in [0.3, 0.4) is 0 Å². The fourth-order valence-corrected chi connectivity index (χ4v) is 3.33. The van der Waals surface area contributed by atoms with Crippen LogP contribution < -0.4 is 10.6 Å². The van der Waals surface area contributed by atoms with Crippen molar-refractivity contribution in [1.82, 2.24) is 4.90 Å². The molecule has 0 bridgehead atoms. The number of rotatable bonds is 7. The number of alkyl halides is 3. The molecule has 9 heteroatoms. The third kappa shape index (κ3) is 5.66. The van der Waals surface area contributed by atoms with E-state index in [-0.39, 0.29) is 24.1 Å². The van der Waals surface area contributed by atoms with Gasteiger partial charge in [0.2, 0.25) is 11.8 Å². The van der Waals surface area contributed by atoms with Crippen LogP contribution in [0.15, 0.2) is 48.5 Å². The highest BCUT2D eigenvalue weighted by Crippen LogP contribution is 2.38. The average Bonchev–Trinajstić information content (AvgIpc) is 3.48. The van der Waals surface area contributed by atoms with Crippen molar-refractivity contribution >= 4 is 29.1 Å². The molecule has 1 aliphatic carbocycles. The summed E-state index contributed by atoms with van der Waals surface area (Å²) >= 11 is 0. The Labute approximate surface area is 183 Å². The quantitative estimate of drug-likeness (QED) is 0.660. The maximum atomic E-state index is 13.1. The molecule has 0 spiro atoms. The largest absolute Gasteiger partial charge is 0.418 e. The van der Waals surface area contributed by atoms with Gasteiger partial charge in [0.05, 0.1) is 11.3 Å². The number of nitrogens with one attached hydrogen (secondary N) is 2. The predicted octanol–water partition coefficient (Wildman–Crippen LogP) is 4.40. The lowest BCUT2D eigenvalue weighted by atomic mass is 10.1. The van der Waals surface area contributed by atoms with E-state index in [0.717, 1.165) is 18.6 Å². The molecule has 0 radical (unpaired) electrons. The van der Waals surface area contributed by atoms with Gasteiger partial charge >= 0.3 is 6.18 Å². The Morgan fingerprint density at radius 1 is 1.03 bits per heavy atom.